The van der Waals surface area contributed by atoms with Crippen LogP contribution in [0.4, 0.5) is 4.79 Å². The molecule has 1 aliphatic heterocycles. The van der Waals surface area contributed by atoms with E-state index >= 15 is 0 Å². The predicted octanol–water partition coefficient (Wildman–Crippen LogP) is 0.251. The Morgan fingerprint density at radius 1 is 1.35 bits per heavy atom. The molecule has 9 heteroatoms. The number of esters is 1. The van der Waals surface area contributed by atoms with Gasteiger partial charge in [0.25, 0.3) is 0 Å². The second kappa shape index (κ2) is 6.89. The number of rotatable bonds is 4. The summed E-state index contributed by atoms with van der Waals surface area (Å²) in [6.45, 7) is 3.47. The van der Waals surface area contributed by atoms with Crippen molar-refractivity contribution in [2.24, 2.45) is 5.92 Å². The molecule has 0 bridgehead atoms. The lowest BCUT2D eigenvalue weighted by atomic mass is 10.0. The summed E-state index contributed by atoms with van der Waals surface area (Å²) in [7, 11) is -2.74. The zero-order valence-electron chi connectivity index (χ0n) is 11.8. The topological polar surface area (TPSA) is 102 Å². The highest BCUT2D eigenvalue weighted by atomic mass is 32.2. The van der Waals surface area contributed by atoms with Crippen LogP contribution in [0.5, 0.6) is 0 Å². The van der Waals surface area contributed by atoms with E-state index in [1.165, 1.54) is 7.11 Å². The van der Waals surface area contributed by atoms with Crippen molar-refractivity contribution in [1.29, 1.82) is 0 Å². The maximum atomic E-state index is 12.0. The number of piperidine rings is 1. The molecule has 116 valence electrons. The van der Waals surface area contributed by atoms with Crippen molar-refractivity contribution in [2.45, 2.75) is 32.8 Å². The Kier molecular flexibility index (Phi) is 5.75. The van der Waals surface area contributed by atoms with Crippen molar-refractivity contribution in [3.8, 4) is 0 Å². The monoisotopic (exact) mass is 308 g/mol. The summed E-state index contributed by atoms with van der Waals surface area (Å²) in [4.78, 5) is 22.8. The van der Waals surface area contributed by atoms with E-state index in [-0.39, 0.29) is 13.1 Å². The third kappa shape index (κ3) is 4.64. The Morgan fingerprint density at radius 3 is 2.55 bits per heavy atom. The first-order chi connectivity index (χ1) is 9.26. The van der Waals surface area contributed by atoms with Gasteiger partial charge >= 0.3 is 22.3 Å². The Morgan fingerprint density at radius 2 is 2.00 bits per heavy atom. The highest BCUT2D eigenvalue weighted by molar-refractivity contribution is 7.87. The average Bonchev–Trinajstić information content (AvgIpc) is 2.36. The molecule has 0 unspecified atom stereocenters. The molecule has 1 fully saturated rings. The minimum atomic E-state index is -4.00. The van der Waals surface area contributed by atoms with E-state index in [1.807, 2.05) is 4.72 Å². The Balaban J connectivity index is 2.67. The Bertz CT molecular complexity index is 462. The molecule has 1 atom stereocenters. The van der Waals surface area contributed by atoms with Gasteiger partial charge in [0.15, 0.2) is 0 Å². The van der Waals surface area contributed by atoms with Crippen molar-refractivity contribution < 1.29 is 27.5 Å². The molecular formula is C11H20N2O6S. The van der Waals surface area contributed by atoms with Gasteiger partial charge in [0, 0.05) is 13.1 Å². The number of amides is 1. The summed E-state index contributed by atoms with van der Waals surface area (Å²) in [5.74, 6) is -0.957. The van der Waals surface area contributed by atoms with Gasteiger partial charge in [0.1, 0.15) is 0 Å². The number of hydrogen-bond donors (Lipinski definition) is 1. The largest absolute Gasteiger partial charge is 0.469 e. The first kappa shape index (κ1) is 16.7. The predicted molar refractivity (Wildman–Crippen MR) is 70.0 cm³/mol. The summed E-state index contributed by atoms with van der Waals surface area (Å²) in [5.41, 5.74) is 0. The standard InChI is InChI=1S/C11H20N2O6S/c1-8(2)19-11(15)12-20(16,17)13-6-4-5-9(7-13)10(14)18-3/h8-9H,4-7H2,1-3H3,(H,12,15)/t9-/m0/s1. The van der Waals surface area contributed by atoms with Gasteiger partial charge < -0.3 is 9.47 Å². The van der Waals surface area contributed by atoms with Crippen LogP contribution >= 0.6 is 0 Å². The minimum Gasteiger partial charge on any atom is -0.469 e. The smallest absolute Gasteiger partial charge is 0.422 e. The highest BCUT2D eigenvalue weighted by Gasteiger charge is 2.34. The van der Waals surface area contributed by atoms with E-state index in [0.29, 0.717) is 12.8 Å². The fraction of sp³-hybridized carbons (Fsp3) is 0.818. The molecule has 0 spiro atoms. The van der Waals surface area contributed by atoms with Crippen molar-refractivity contribution in [3.05, 3.63) is 0 Å². The van der Waals surface area contributed by atoms with Crippen LogP contribution in [0.2, 0.25) is 0 Å². The number of ether oxygens (including phenoxy) is 2. The quantitative estimate of drug-likeness (QED) is 0.747. The van der Waals surface area contributed by atoms with Gasteiger partial charge in [-0.2, -0.15) is 12.7 Å². The van der Waals surface area contributed by atoms with Crippen LogP contribution in [0.15, 0.2) is 0 Å². The van der Waals surface area contributed by atoms with Crippen molar-refractivity contribution >= 4 is 22.3 Å². The van der Waals surface area contributed by atoms with Crippen LogP contribution in [0, 0.1) is 5.92 Å². The number of carbonyl (C=O) groups is 2. The molecule has 1 N–H and O–H groups in total. The van der Waals surface area contributed by atoms with Crippen molar-refractivity contribution in [2.75, 3.05) is 20.2 Å². The second-order valence-corrected chi connectivity index (χ2v) is 6.45. The lowest BCUT2D eigenvalue weighted by Crippen LogP contribution is -2.49. The first-order valence-electron chi connectivity index (χ1n) is 6.32. The van der Waals surface area contributed by atoms with Crippen molar-refractivity contribution in [1.82, 2.24) is 9.03 Å². The van der Waals surface area contributed by atoms with Gasteiger partial charge in [-0.3, -0.25) is 4.79 Å². The molecule has 8 nitrogen and oxygen atoms in total. The lowest BCUT2D eigenvalue weighted by Gasteiger charge is -2.30. The summed E-state index contributed by atoms with van der Waals surface area (Å²) in [6.07, 6.45) is -0.357. The number of methoxy groups -OCH3 is 1. The maximum absolute atomic E-state index is 12.0. The van der Waals surface area contributed by atoms with Crippen LogP contribution in [-0.4, -0.2) is 51.1 Å². The molecule has 0 aromatic carbocycles. The normalized spacial score (nSPS) is 20.5. The van der Waals surface area contributed by atoms with E-state index in [4.69, 9.17) is 4.74 Å². The SMILES string of the molecule is COC(=O)[C@H]1CCCN(S(=O)(=O)NC(=O)OC(C)C)C1. The summed E-state index contributed by atoms with van der Waals surface area (Å²) < 4.78 is 36.2. The fourth-order valence-electron chi connectivity index (χ4n) is 1.93. The van der Waals surface area contributed by atoms with E-state index < -0.39 is 34.3 Å². The summed E-state index contributed by atoms with van der Waals surface area (Å²) >= 11 is 0. The molecule has 1 amide bonds. The highest BCUT2D eigenvalue weighted by Crippen LogP contribution is 2.19. The molecule has 20 heavy (non-hydrogen) atoms. The lowest BCUT2D eigenvalue weighted by molar-refractivity contribution is -0.146. The van der Waals surface area contributed by atoms with Gasteiger partial charge in [0.05, 0.1) is 19.1 Å². The molecule has 0 radical (unpaired) electrons. The number of nitrogens with zero attached hydrogens (tertiary/aromatic N) is 1. The van der Waals surface area contributed by atoms with Crippen molar-refractivity contribution in [3.63, 3.8) is 0 Å². The fourth-order valence-corrected chi connectivity index (χ4v) is 3.06. The van der Waals surface area contributed by atoms with Gasteiger partial charge in [-0.15, -0.1) is 0 Å². The number of carbonyl (C=O) groups excluding carboxylic acids is 2. The molecule has 1 aliphatic rings. The van der Waals surface area contributed by atoms with Crippen LogP contribution in [0.3, 0.4) is 0 Å². The zero-order chi connectivity index (χ0) is 15.3. The molecule has 0 aliphatic carbocycles. The average molecular weight is 308 g/mol. The summed E-state index contributed by atoms with van der Waals surface area (Å²) in [6, 6.07) is 0. The summed E-state index contributed by atoms with van der Waals surface area (Å²) in [5, 5.41) is 0. The van der Waals surface area contributed by atoms with E-state index in [1.54, 1.807) is 13.8 Å². The van der Waals surface area contributed by atoms with Crippen LogP contribution in [-0.2, 0) is 24.5 Å². The molecule has 1 rings (SSSR count). The van der Waals surface area contributed by atoms with Crippen LogP contribution in [0.25, 0.3) is 0 Å². The van der Waals surface area contributed by atoms with E-state index in [9.17, 15) is 18.0 Å². The minimum absolute atomic E-state index is 0.00301. The molecule has 0 saturated carbocycles. The molecule has 1 saturated heterocycles. The van der Waals surface area contributed by atoms with Gasteiger partial charge in [-0.05, 0) is 26.7 Å². The molecule has 0 aromatic rings. The second-order valence-electron chi connectivity index (χ2n) is 4.78. The third-order valence-corrected chi connectivity index (χ3v) is 4.25. The van der Waals surface area contributed by atoms with E-state index in [0.717, 1.165) is 4.31 Å². The molecule has 1 heterocycles. The van der Waals surface area contributed by atoms with Crippen LogP contribution < -0.4 is 4.72 Å². The van der Waals surface area contributed by atoms with E-state index in [2.05, 4.69) is 4.74 Å². The first-order valence-corrected chi connectivity index (χ1v) is 7.76. The van der Waals surface area contributed by atoms with Gasteiger partial charge in [0.2, 0.25) is 0 Å². The maximum Gasteiger partial charge on any atom is 0.422 e. The number of hydrogen-bond acceptors (Lipinski definition) is 6. The number of nitrogens with one attached hydrogen (secondary N) is 1. The Labute approximate surface area is 118 Å². The van der Waals surface area contributed by atoms with Gasteiger partial charge in [-0.1, -0.05) is 0 Å². The molecular weight excluding hydrogens is 288 g/mol. The van der Waals surface area contributed by atoms with Gasteiger partial charge in [-0.25, -0.2) is 9.52 Å². The van der Waals surface area contributed by atoms with Crippen LogP contribution in [0.1, 0.15) is 26.7 Å². The Hall–Kier alpha value is -1.35. The zero-order valence-corrected chi connectivity index (χ0v) is 12.6. The third-order valence-electron chi connectivity index (χ3n) is 2.81. The molecule has 0 aromatic heterocycles.